The molecule has 4 nitrogen and oxygen atoms in total. The molecule has 0 atom stereocenters. The van der Waals surface area contributed by atoms with Gasteiger partial charge >= 0.3 is 0 Å². The fourth-order valence-electron chi connectivity index (χ4n) is 2.68. The zero-order valence-electron chi connectivity index (χ0n) is 15.2. The maximum absolute atomic E-state index is 13.0. The second-order valence-corrected chi connectivity index (χ2v) is 9.80. The predicted octanol–water partition coefficient (Wildman–Crippen LogP) is 6.57. The van der Waals surface area contributed by atoms with Crippen LogP contribution in [0.1, 0.15) is 18.9 Å². The Kier molecular flexibility index (Phi) is 7.68. The molecular formula is C20H17ClI2N2O2S. The Balaban J connectivity index is 2.01. The van der Waals surface area contributed by atoms with Crippen LogP contribution in [-0.4, -0.2) is 29.6 Å². The van der Waals surface area contributed by atoms with Crippen LogP contribution in [0.15, 0.2) is 46.3 Å². The number of benzene rings is 2. The van der Waals surface area contributed by atoms with E-state index >= 15 is 0 Å². The summed E-state index contributed by atoms with van der Waals surface area (Å²) in [5.74, 6) is 0.738. The molecule has 0 saturated carbocycles. The first-order valence-electron chi connectivity index (χ1n) is 8.51. The number of hydrogen-bond donors (Lipinski definition) is 0. The fraction of sp³-hybridized carbons (Fsp3) is 0.200. The van der Waals surface area contributed by atoms with Crippen molar-refractivity contribution in [2.24, 2.45) is 4.99 Å². The van der Waals surface area contributed by atoms with Gasteiger partial charge in [0.05, 0.1) is 21.3 Å². The zero-order valence-corrected chi connectivity index (χ0v) is 21.1. The van der Waals surface area contributed by atoms with Crippen molar-refractivity contribution in [3.05, 3.63) is 59.0 Å². The summed E-state index contributed by atoms with van der Waals surface area (Å²) in [6, 6.07) is 11.3. The highest BCUT2D eigenvalue weighted by Gasteiger charge is 2.33. The van der Waals surface area contributed by atoms with E-state index in [4.69, 9.17) is 16.3 Å². The monoisotopic (exact) mass is 638 g/mol. The Hall–Kier alpha value is -0.780. The van der Waals surface area contributed by atoms with Crippen LogP contribution in [0.5, 0.6) is 5.75 Å². The number of amidine groups is 1. The lowest BCUT2D eigenvalue weighted by atomic mass is 10.2. The molecule has 1 aliphatic rings. The summed E-state index contributed by atoms with van der Waals surface area (Å²) in [5.41, 5.74) is 1.65. The summed E-state index contributed by atoms with van der Waals surface area (Å²) in [6.07, 6.45) is 2.74. The minimum atomic E-state index is -0.0320. The first-order chi connectivity index (χ1) is 13.4. The van der Waals surface area contributed by atoms with E-state index in [1.807, 2.05) is 37.3 Å². The number of methoxy groups -OCH3 is 1. The second-order valence-electron chi connectivity index (χ2n) is 5.95. The van der Waals surface area contributed by atoms with E-state index in [1.165, 1.54) is 11.8 Å². The van der Waals surface area contributed by atoms with Gasteiger partial charge in [-0.3, -0.25) is 9.69 Å². The van der Waals surface area contributed by atoms with Crippen molar-refractivity contribution in [3.63, 3.8) is 0 Å². The van der Waals surface area contributed by atoms with Crippen LogP contribution in [0.25, 0.3) is 6.08 Å². The van der Waals surface area contributed by atoms with Crippen molar-refractivity contribution >= 4 is 91.4 Å². The molecule has 0 aromatic heterocycles. The molecule has 8 heteroatoms. The molecule has 28 heavy (non-hydrogen) atoms. The lowest BCUT2D eigenvalue weighted by Crippen LogP contribution is -2.29. The molecule has 0 spiro atoms. The third-order valence-electron chi connectivity index (χ3n) is 3.91. The number of hydrogen-bond acceptors (Lipinski definition) is 4. The van der Waals surface area contributed by atoms with E-state index in [2.05, 4.69) is 50.2 Å². The van der Waals surface area contributed by atoms with Gasteiger partial charge in [0.2, 0.25) is 0 Å². The lowest BCUT2D eigenvalue weighted by Gasteiger charge is -2.14. The van der Waals surface area contributed by atoms with Gasteiger partial charge in [-0.05, 0) is 106 Å². The Morgan fingerprint density at radius 3 is 2.61 bits per heavy atom. The molecule has 0 N–H and O–H groups in total. The molecule has 1 saturated heterocycles. The molecule has 3 rings (SSSR count). The van der Waals surface area contributed by atoms with Crippen LogP contribution in [-0.2, 0) is 4.79 Å². The molecule has 0 unspecified atom stereocenters. The average molecular weight is 639 g/mol. The third kappa shape index (κ3) is 5.03. The van der Waals surface area contributed by atoms with Crippen LogP contribution in [0.3, 0.4) is 0 Å². The average Bonchev–Trinajstić information content (AvgIpc) is 2.92. The molecule has 0 aliphatic carbocycles. The van der Waals surface area contributed by atoms with Gasteiger partial charge in [-0.2, -0.15) is 0 Å². The zero-order chi connectivity index (χ0) is 20.3. The highest BCUT2D eigenvalue weighted by atomic mass is 127. The van der Waals surface area contributed by atoms with Crippen molar-refractivity contribution in [1.82, 2.24) is 4.90 Å². The maximum atomic E-state index is 13.0. The van der Waals surface area contributed by atoms with Gasteiger partial charge in [-0.25, -0.2) is 4.99 Å². The number of thioether (sulfide) groups is 1. The Morgan fingerprint density at radius 2 is 1.96 bits per heavy atom. The summed E-state index contributed by atoms with van der Waals surface area (Å²) < 4.78 is 7.65. The largest absolute Gasteiger partial charge is 0.495 e. The number of aliphatic imine (C=N–C) groups is 1. The topological polar surface area (TPSA) is 41.9 Å². The molecule has 1 amide bonds. The number of ether oxygens (including phenoxy) is 1. The van der Waals surface area contributed by atoms with Crippen molar-refractivity contribution in [1.29, 1.82) is 0 Å². The highest BCUT2D eigenvalue weighted by Crippen LogP contribution is 2.37. The first-order valence-corrected chi connectivity index (χ1v) is 11.9. The third-order valence-corrected chi connectivity index (χ3v) is 6.60. The van der Waals surface area contributed by atoms with Gasteiger partial charge in [-0.1, -0.05) is 18.5 Å². The van der Waals surface area contributed by atoms with Crippen LogP contribution in [0, 0.1) is 7.14 Å². The van der Waals surface area contributed by atoms with Gasteiger partial charge in [0, 0.05) is 20.7 Å². The number of carbonyl (C=O) groups is 1. The quantitative estimate of drug-likeness (QED) is 0.275. The van der Waals surface area contributed by atoms with Crippen molar-refractivity contribution < 1.29 is 9.53 Å². The van der Waals surface area contributed by atoms with Gasteiger partial charge in [-0.15, -0.1) is 0 Å². The SMILES string of the molecule is CCCN1C(=O)/C(=C/c2cc(I)cc(I)c2OC)SC1=Nc1ccc(Cl)cc1. The fourth-order valence-corrected chi connectivity index (χ4v) is 5.93. The van der Waals surface area contributed by atoms with Gasteiger partial charge in [0.1, 0.15) is 5.75 Å². The first kappa shape index (κ1) is 21.9. The summed E-state index contributed by atoms with van der Waals surface area (Å²) in [6.45, 7) is 2.67. The van der Waals surface area contributed by atoms with E-state index < -0.39 is 0 Å². The van der Waals surface area contributed by atoms with Crippen LogP contribution < -0.4 is 4.74 Å². The number of nitrogens with zero attached hydrogens (tertiary/aromatic N) is 2. The van der Waals surface area contributed by atoms with E-state index in [1.54, 1.807) is 24.1 Å². The van der Waals surface area contributed by atoms with Crippen molar-refractivity contribution in [2.45, 2.75) is 13.3 Å². The number of rotatable bonds is 5. The molecule has 2 aromatic carbocycles. The van der Waals surface area contributed by atoms with E-state index in [-0.39, 0.29) is 5.91 Å². The van der Waals surface area contributed by atoms with Crippen LogP contribution in [0.4, 0.5) is 5.69 Å². The summed E-state index contributed by atoms with van der Waals surface area (Å²) >= 11 is 11.9. The number of carbonyl (C=O) groups excluding carboxylic acids is 1. The molecule has 146 valence electrons. The van der Waals surface area contributed by atoms with Gasteiger partial charge in [0.15, 0.2) is 5.17 Å². The van der Waals surface area contributed by atoms with Crippen LogP contribution in [0.2, 0.25) is 5.02 Å². The van der Waals surface area contributed by atoms with Gasteiger partial charge in [0.25, 0.3) is 5.91 Å². The molecular weight excluding hydrogens is 622 g/mol. The van der Waals surface area contributed by atoms with Crippen LogP contribution >= 0.6 is 68.5 Å². The standard InChI is InChI=1S/C20H17ClI2N2O2S/c1-3-8-25-19(26)17(10-12-9-14(22)11-16(23)18(12)27-2)28-20(25)24-15-6-4-13(21)5-7-15/h4-7,9-11H,3,8H2,1-2H3/b17-10-,24-20?. The molecule has 0 radical (unpaired) electrons. The lowest BCUT2D eigenvalue weighted by molar-refractivity contribution is -0.122. The molecule has 1 fully saturated rings. The predicted molar refractivity (Wildman–Crippen MR) is 135 cm³/mol. The second kappa shape index (κ2) is 9.82. The Labute approximate surface area is 201 Å². The Morgan fingerprint density at radius 1 is 1.25 bits per heavy atom. The summed E-state index contributed by atoms with van der Waals surface area (Å²) in [5, 5.41) is 1.34. The minimum absolute atomic E-state index is 0.0320. The Bertz CT molecular complexity index is 961. The minimum Gasteiger partial charge on any atom is -0.495 e. The maximum Gasteiger partial charge on any atom is 0.266 e. The molecule has 1 aliphatic heterocycles. The van der Waals surface area contributed by atoms with E-state index in [9.17, 15) is 4.79 Å². The summed E-state index contributed by atoms with van der Waals surface area (Å²) in [7, 11) is 1.65. The van der Waals surface area contributed by atoms with E-state index in [0.29, 0.717) is 21.6 Å². The smallest absolute Gasteiger partial charge is 0.266 e. The van der Waals surface area contributed by atoms with Crippen molar-refractivity contribution in [3.8, 4) is 5.75 Å². The summed E-state index contributed by atoms with van der Waals surface area (Å²) in [4.78, 5) is 20.1. The molecule has 2 aromatic rings. The molecule has 0 bridgehead atoms. The van der Waals surface area contributed by atoms with Crippen molar-refractivity contribution in [2.75, 3.05) is 13.7 Å². The highest BCUT2D eigenvalue weighted by molar-refractivity contribution is 14.1. The normalized spacial score (nSPS) is 17.0. The van der Waals surface area contributed by atoms with E-state index in [0.717, 1.165) is 30.6 Å². The van der Waals surface area contributed by atoms with Gasteiger partial charge < -0.3 is 4.74 Å². The molecule has 1 heterocycles. The number of amides is 1. The number of halogens is 3.